The molecule has 1 fully saturated rings. The Morgan fingerprint density at radius 3 is 2.08 bits per heavy atom. The van der Waals surface area contributed by atoms with Crippen LogP contribution in [0.3, 0.4) is 0 Å². The third-order valence-electron chi connectivity index (χ3n) is 3.98. The maximum atomic E-state index is 12.1. The SMILES string of the molecule is CCN1C(=O)C(=O)N(Cc2ccc(-n3nc(C)cc3C)cc2)C1=O. The highest BCUT2D eigenvalue weighted by Gasteiger charge is 2.43. The molecular weight excluding hydrogens is 308 g/mol. The maximum Gasteiger partial charge on any atom is 0.334 e. The highest BCUT2D eigenvalue weighted by molar-refractivity contribution is 6.44. The van der Waals surface area contributed by atoms with E-state index in [0.29, 0.717) is 0 Å². The van der Waals surface area contributed by atoms with Gasteiger partial charge in [-0.1, -0.05) is 12.1 Å². The van der Waals surface area contributed by atoms with Crippen molar-refractivity contribution >= 4 is 17.8 Å². The fourth-order valence-electron chi connectivity index (χ4n) is 2.78. The zero-order valence-electron chi connectivity index (χ0n) is 13.8. The lowest BCUT2D eigenvalue weighted by Gasteiger charge is -2.14. The van der Waals surface area contributed by atoms with Crippen LogP contribution < -0.4 is 0 Å². The topological polar surface area (TPSA) is 75.5 Å². The molecule has 1 aromatic heterocycles. The molecule has 0 saturated carbocycles. The normalized spacial score (nSPS) is 14.9. The smallest absolute Gasteiger partial charge is 0.263 e. The van der Waals surface area contributed by atoms with E-state index in [1.807, 2.05) is 48.9 Å². The Kier molecular flexibility index (Phi) is 3.92. The molecule has 1 aromatic carbocycles. The van der Waals surface area contributed by atoms with Crippen molar-refractivity contribution in [3.63, 3.8) is 0 Å². The number of carbonyl (C=O) groups excluding carboxylic acids is 3. The summed E-state index contributed by atoms with van der Waals surface area (Å²) in [7, 11) is 0. The van der Waals surface area contributed by atoms with Crippen molar-refractivity contribution in [2.24, 2.45) is 0 Å². The first kappa shape index (κ1) is 15.9. The number of benzene rings is 1. The molecule has 3 rings (SSSR count). The number of urea groups is 1. The van der Waals surface area contributed by atoms with Gasteiger partial charge in [-0.15, -0.1) is 0 Å². The molecule has 2 heterocycles. The molecule has 0 bridgehead atoms. The molecule has 0 unspecified atom stereocenters. The Balaban J connectivity index is 1.80. The van der Waals surface area contributed by atoms with Gasteiger partial charge in [-0.2, -0.15) is 5.10 Å². The summed E-state index contributed by atoms with van der Waals surface area (Å²) in [6.45, 7) is 5.84. The molecule has 0 N–H and O–H groups in total. The summed E-state index contributed by atoms with van der Waals surface area (Å²) in [5, 5.41) is 4.42. The minimum Gasteiger partial charge on any atom is -0.263 e. The number of hydrogen-bond donors (Lipinski definition) is 0. The molecule has 0 radical (unpaired) electrons. The molecule has 0 atom stereocenters. The maximum absolute atomic E-state index is 12.1. The molecule has 0 aliphatic carbocycles. The molecule has 0 spiro atoms. The lowest BCUT2D eigenvalue weighted by molar-refractivity contribution is -0.143. The summed E-state index contributed by atoms with van der Waals surface area (Å²) in [6.07, 6.45) is 0. The predicted octanol–water partition coefficient (Wildman–Crippen LogP) is 1.80. The van der Waals surface area contributed by atoms with Gasteiger partial charge in [-0.3, -0.25) is 19.4 Å². The van der Waals surface area contributed by atoms with Crippen molar-refractivity contribution in [2.45, 2.75) is 27.3 Å². The van der Waals surface area contributed by atoms with Gasteiger partial charge in [0, 0.05) is 12.2 Å². The molecule has 2 aromatic rings. The molecule has 4 amide bonds. The van der Waals surface area contributed by atoms with E-state index in [9.17, 15) is 14.4 Å². The highest BCUT2D eigenvalue weighted by atomic mass is 16.2. The Bertz CT molecular complexity index is 823. The quantitative estimate of drug-likeness (QED) is 0.634. The zero-order valence-corrected chi connectivity index (χ0v) is 13.8. The van der Waals surface area contributed by atoms with Crippen molar-refractivity contribution < 1.29 is 14.4 Å². The van der Waals surface area contributed by atoms with Crippen LogP contribution in [0.5, 0.6) is 0 Å². The number of aryl methyl sites for hydroxylation is 2. The summed E-state index contributed by atoms with van der Waals surface area (Å²) >= 11 is 0. The van der Waals surface area contributed by atoms with E-state index in [-0.39, 0.29) is 13.1 Å². The van der Waals surface area contributed by atoms with Crippen molar-refractivity contribution in [1.29, 1.82) is 0 Å². The Labute approximate surface area is 139 Å². The molecular formula is C17H18N4O3. The minimum absolute atomic E-state index is 0.0807. The second kappa shape index (κ2) is 5.92. The van der Waals surface area contributed by atoms with Crippen molar-refractivity contribution in [2.75, 3.05) is 6.54 Å². The van der Waals surface area contributed by atoms with Crippen molar-refractivity contribution in [1.82, 2.24) is 19.6 Å². The van der Waals surface area contributed by atoms with Gasteiger partial charge in [0.25, 0.3) is 0 Å². The van der Waals surface area contributed by atoms with Gasteiger partial charge in [0.1, 0.15) is 0 Å². The van der Waals surface area contributed by atoms with Crippen LogP contribution in [0.25, 0.3) is 5.69 Å². The summed E-state index contributed by atoms with van der Waals surface area (Å²) in [5.41, 5.74) is 3.62. The Hall–Kier alpha value is -2.96. The lowest BCUT2D eigenvalue weighted by atomic mass is 10.2. The fourth-order valence-corrected chi connectivity index (χ4v) is 2.78. The van der Waals surface area contributed by atoms with Crippen LogP contribution in [0.15, 0.2) is 30.3 Å². The first-order valence-electron chi connectivity index (χ1n) is 7.72. The average Bonchev–Trinajstić information content (AvgIpc) is 3.00. The van der Waals surface area contributed by atoms with Gasteiger partial charge in [0.2, 0.25) is 0 Å². The van der Waals surface area contributed by atoms with Gasteiger partial charge >= 0.3 is 17.8 Å². The largest absolute Gasteiger partial charge is 0.334 e. The molecule has 24 heavy (non-hydrogen) atoms. The van der Waals surface area contributed by atoms with Crippen LogP contribution in [-0.4, -0.2) is 44.0 Å². The minimum atomic E-state index is -0.774. The summed E-state index contributed by atoms with van der Waals surface area (Å²) < 4.78 is 1.83. The zero-order chi connectivity index (χ0) is 17.4. The fraction of sp³-hybridized carbons (Fsp3) is 0.294. The molecule has 1 aliphatic heterocycles. The Morgan fingerprint density at radius 2 is 1.58 bits per heavy atom. The molecule has 124 valence electrons. The lowest BCUT2D eigenvalue weighted by Crippen LogP contribution is -2.32. The molecule has 1 saturated heterocycles. The van der Waals surface area contributed by atoms with Gasteiger partial charge < -0.3 is 0 Å². The van der Waals surface area contributed by atoms with E-state index in [0.717, 1.165) is 32.4 Å². The van der Waals surface area contributed by atoms with Crippen molar-refractivity contribution in [3.8, 4) is 5.69 Å². The van der Waals surface area contributed by atoms with E-state index in [2.05, 4.69) is 5.10 Å². The third kappa shape index (κ3) is 2.58. The van der Waals surface area contributed by atoms with Crippen LogP contribution in [-0.2, 0) is 16.1 Å². The van der Waals surface area contributed by atoms with Gasteiger partial charge in [0.05, 0.1) is 17.9 Å². The highest BCUT2D eigenvalue weighted by Crippen LogP contribution is 2.18. The van der Waals surface area contributed by atoms with Crippen LogP contribution in [0.1, 0.15) is 23.9 Å². The number of imide groups is 2. The van der Waals surface area contributed by atoms with Gasteiger partial charge in [0.15, 0.2) is 0 Å². The number of aromatic nitrogens is 2. The standard InChI is InChI=1S/C17H18N4O3/c1-4-19-15(22)16(23)20(17(19)24)10-13-5-7-14(8-6-13)21-12(3)9-11(2)18-21/h5-9H,4,10H2,1-3H3. The number of likely N-dealkylation sites (N-methyl/N-ethyl adjacent to an activating group) is 1. The second-order valence-corrected chi connectivity index (χ2v) is 5.73. The summed E-state index contributed by atoms with van der Waals surface area (Å²) in [5.74, 6) is -1.54. The van der Waals surface area contributed by atoms with Crippen LogP contribution in [0.2, 0.25) is 0 Å². The van der Waals surface area contributed by atoms with Crippen LogP contribution in [0.4, 0.5) is 4.79 Å². The van der Waals surface area contributed by atoms with E-state index in [1.165, 1.54) is 0 Å². The van der Waals surface area contributed by atoms with Crippen molar-refractivity contribution in [3.05, 3.63) is 47.3 Å². The number of nitrogens with zero attached hydrogens (tertiary/aromatic N) is 4. The number of hydrogen-bond acceptors (Lipinski definition) is 4. The number of carbonyl (C=O) groups is 3. The van der Waals surface area contributed by atoms with E-state index in [4.69, 9.17) is 0 Å². The molecule has 1 aliphatic rings. The first-order chi connectivity index (χ1) is 11.4. The van der Waals surface area contributed by atoms with Gasteiger partial charge in [-0.05, 0) is 44.5 Å². The van der Waals surface area contributed by atoms with E-state index in [1.54, 1.807) is 6.92 Å². The second-order valence-electron chi connectivity index (χ2n) is 5.73. The molecule has 7 heteroatoms. The van der Waals surface area contributed by atoms with Crippen LogP contribution in [0, 0.1) is 13.8 Å². The number of rotatable bonds is 4. The summed E-state index contributed by atoms with van der Waals surface area (Å²) in [4.78, 5) is 37.7. The predicted molar refractivity (Wildman–Crippen MR) is 86.4 cm³/mol. The monoisotopic (exact) mass is 326 g/mol. The van der Waals surface area contributed by atoms with Gasteiger partial charge in [-0.25, -0.2) is 9.48 Å². The third-order valence-corrected chi connectivity index (χ3v) is 3.98. The molecule has 7 nitrogen and oxygen atoms in total. The Morgan fingerprint density at radius 1 is 0.958 bits per heavy atom. The first-order valence-corrected chi connectivity index (χ1v) is 7.72. The summed E-state index contributed by atoms with van der Waals surface area (Å²) in [6, 6.07) is 8.82. The number of amides is 4. The van der Waals surface area contributed by atoms with Crippen LogP contribution >= 0.6 is 0 Å². The average molecular weight is 326 g/mol. The van der Waals surface area contributed by atoms with E-state index < -0.39 is 17.8 Å². The van der Waals surface area contributed by atoms with E-state index >= 15 is 0 Å².